The summed E-state index contributed by atoms with van der Waals surface area (Å²) in [5.41, 5.74) is 0. The van der Waals surface area contributed by atoms with E-state index in [1.807, 2.05) is 0 Å². The van der Waals surface area contributed by atoms with Crippen molar-refractivity contribution in [3.8, 4) is 0 Å². The van der Waals surface area contributed by atoms with E-state index in [1.165, 1.54) is 0 Å². The van der Waals surface area contributed by atoms with Gasteiger partial charge in [0.1, 0.15) is 0 Å². The van der Waals surface area contributed by atoms with E-state index >= 15 is 0 Å². The van der Waals surface area contributed by atoms with Crippen LogP contribution in [0.5, 0.6) is 0 Å². The lowest BCUT2D eigenvalue weighted by Gasteiger charge is -2.21. The molecule has 2 aliphatic carbocycles. The quantitative estimate of drug-likeness (QED) is 0.496. The SMILES string of the molecule is O=C(O)[C@H]1C[C@H]2C[C@@H](O)[C@H]1C2O. The van der Waals surface area contributed by atoms with Crippen LogP contribution >= 0.6 is 0 Å². The number of aliphatic carboxylic acids is 1. The van der Waals surface area contributed by atoms with Crippen LogP contribution in [0, 0.1) is 17.8 Å². The number of aliphatic hydroxyl groups excluding tert-OH is 2. The number of fused-ring (bicyclic) bond motifs is 2. The minimum Gasteiger partial charge on any atom is -0.481 e. The monoisotopic (exact) mass is 172 g/mol. The summed E-state index contributed by atoms with van der Waals surface area (Å²) in [4.78, 5) is 10.7. The van der Waals surface area contributed by atoms with Crippen LogP contribution in [-0.2, 0) is 4.79 Å². The van der Waals surface area contributed by atoms with Gasteiger partial charge in [-0.05, 0) is 18.8 Å². The lowest BCUT2D eigenvalue weighted by Crippen LogP contribution is -2.32. The molecule has 0 saturated heterocycles. The van der Waals surface area contributed by atoms with Crippen molar-refractivity contribution in [2.75, 3.05) is 0 Å². The fourth-order valence-electron chi connectivity index (χ4n) is 2.64. The second kappa shape index (κ2) is 2.44. The highest BCUT2D eigenvalue weighted by atomic mass is 16.4. The molecule has 0 aromatic heterocycles. The zero-order valence-electron chi connectivity index (χ0n) is 6.55. The van der Waals surface area contributed by atoms with E-state index in [0.717, 1.165) is 0 Å². The first-order valence-corrected chi connectivity index (χ1v) is 4.20. The molecule has 0 heterocycles. The summed E-state index contributed by atoms with van der Waals surface area (Å²) in [6.45, 7) is 0. The van der Waals surface area contributed by atoms with Crippen LogP contribution in [0.3, 0.4) is 0 Å². The molecule has 2 saturated carbocycles. The number of rotatable bonds is 1. The molecule has 12 heavy (non-hydrogen) atoms. The Bertz CT molecular complexity index is 215. The Hall–Kier alpha value is -0.610. The van der Waals surface area contributed by atoms with Crippen molar-refractivity contribution in [3.63, 3.8) is 0 Å². The molecule has 2 aliphatic rings. The zero-order chi connectivity index (χ0) is 8.88. The van der Waals surface area contributed by atoms with E-state index in [4.69, 9.17) is 5.11 Å². The van der Waals surface area contributed by atoms with Gasteiger partial charge < -0.3 is 15.3 Å². The van der Waals surface area contributed by atoms with Crippen LogP contribution in [-0.4, -0.2) is 33.5 Å². The van der Waals surface area contributed by atoms with Gasteiger partial charge in [0.05, 0.1) is 18.1 Å². The third-order valence-electron chi connectivity index (χ3n) is 3.20. The van der Waals surface area contributed by atoms with Gasteiger partial charge in [0.15, 0.2) is 0 Å². The molecule has 0 aromatic carbocycles. The van der Waals surface area contributed by atoms with E-state index in [2.05, 4.69) is 0 Å². The summed E-state index contributed by atoms with van der Waals surface area (Å²) < 4.78 is 0. The fourth-order valence-corrected chi connectivity index (χ4v) is 2.64. The van der Waals surface area contributed by atoms with E-state index in [0.29, 0.717) is 12.8 Å². The van der Waals surface area contributed by atoms with E-state index in [-0.39, 0.29) is 5.92 Å². The Balaban J connectivity index is 2.19. The molecule has 5 atom stereocenters. The number of hydrogen-bond acceptors (Lipinski definition) is 3. The van der Waals surface area contributed by atoms with Crippen LogP contribution < -0.4 is 0 Å². The Kier molecular flexibility index (Phi) is 1.63. The summed E-state index contributed by atoms with van der Waals surface area (Å²) in [5, 5.41) is 27.6. The van der Waals surface area contributed by atoms with Crippen molar-refractivity contribution in [1.29, 1.82) is 0 Å². The van der Waals surface area contributed by atoms with Crippen LogP contribution in [0.1, 0.15) is 12.8 Å². The van der Waals surface area contributed by atoms with E-state index < -0.39 is 30.0 Å². The van der Waals surface area contributed by atoms with Crippen molar-refractivity contribution in [3.05, 3.63) is 0 Å². The molecule has 4 heteroatoms. The number of carboxylic acid groups (broad SMARTS) is 1. The number of hydrogen-bond donors (Lipinski definition) is 3. The van der Waals surface area contributed by atoms with Crippen LogP contribution in [0.15, 0.2) is 0 Å². The van der Waals surface area contributed by atoms with Crippen molar-refractivity contribution in [1.82, 2.24) is 0 Å². The van der Waals surface area contributed by atoms with Gasteiger partial charge >= 0.3 is 5.97 Å². The molecule has 0 aromatic rings. The third-order valence-corrected chi connectivity index (χ3v) is 3.20. The predicted molar refractivity (Wildman–Crippen MR) is 39.4 cm³/mol. The average Bonchev–Trinajstić information content (AvgIpc) is 2.42. The summed E-state index contributed by atoms with van der Waals surface area (Å²) in [7, 11) is 0. The predicted octanol–water partition coefficient (Wildman–Crippen LogP) is -0.551. The van der Waals surface area contributed by atoms with Gasteiger partial charge in [-0.2, -0.15) is 0 Å². The minimum absolute atomic E-state index is 0.00565. The van der Waals surface area contributed by atoms with Gasteiger partial charge in [0, 0.05) is 5.92 Å². The molecule has 3 N–H and O–H groups in total. The number of aliphatic hydroxyl groups is 2. The number of carboxylic acids is 1. The largest absolute Gasteiger partial charge is 0.481 e. The molecule has 0 amide bonds. The zero-order valence-corrected chi connectivity index (χ0v) is 6.55. The van der Waals surface area contributed by atoms with Gasteiger partial charge in [-0.15, -0.1) is 0 Å². The normalized spacial score (nSPS) is 51.3. The maximum absolute atomic E-state index is 10.7. The van der Waals surface area contributed by atoms with E-state index in [1.54, 1.807) is 0 Å². The topological polar surface area (TPSA) is 77.8 Å². The maximum Gasteiger partial charge on any atom is 0.306 e. The third kappa shape index (κ3) is 0.881. The molecule has 2 rings (SSSR count). The van der Waals surface area contributed by atoms with Gasteiger partial charge in [-0.1, -0.05) is 0 Å². The molecular weight excluding hydrogens is 160 g/mol. The Morgan fingerprint density at radius 1 is 1.25 bits per heavy atom. The molecule has 0 aliphatic heterocycles. The molecule has 2 bridgehead atoms. The molecule has 68 valence electrons. The lowest BCUT2D eigenvalue weighted by atomic mass is 9.87. The molecule has 0 radical (unpaired) electrons. The Morgan fingerprint density at radius 2 is 1.92 bits per heavy atom. The smallest absolute Gasteiger partial charge is 0.306 e. The van der Waals surface area contributed by atoms with Crippen LogP contribution in [0.4, 0.5) is 0 Å². The average molecular weight is 172 g/mol. The number of carbonyl (C=O) groups is 1. The summed E-state index contributed by atoms with van der Waals surface area (Å²) >= 11 is 0. The minimum atomic E-state index is -0.889. The second-order valence-electron chi connectivity index (χ2n) is 3.81. The van der Waals surface area contributed by atoms with Gasteiger partial charge in [0.25, 0.3) is 0 Å². The second-order valence-corrected chi connectivity index (χ2v) is 3.81. The van der Waals surface area contributed by atoms with Gasteiger partial charge in [-0.25, -0.2) is 0 Å². The van der Waals surface area contributed by atoms with Crippen molar-refractivity contribution in [2.45, 2.75) is 25.0 Å². The highest BCUT2D eigenvalue weighted by Gasteiger charge is 2.55. The standard InChI is InChI=1S/C8H12O4/c9-5-2-3-1-4(8(11)12)6(5)7(3)10/h3-7,9-10H,1-2H2,(H,11,12)/t3-,4-,5+,6-,7?/m0/s1. The highest BCUT2D eigenvalue weighted by Crippen LogP contribution is 2.48. The maximum atomic E-state index is 10.7. The first-order chi connectivity index (χ1) is 5.61. The summed E-state index contributed by atoms with van der Waals surface area (Å²) in [6, 6.07) is 0. The van der Waals surface area contributed by atoms with Gasteiger partial charge in [0.2, 0.25) is 0 Å². The summed E-state index contributed by atoms with van der Waals surface area (Å²) in [6.07, 6.45) is -0.116. The molecule has 2 fully saturated rings. The van der Waals surface area contributed by atoms with Crippen molar-refractivity contribution >= 4 is 5.97 Å². The fraction of sp³-hybridized carbons (Fsp3) is 0.875. The Morgan fingerprint density at radius 3 is 2.25 bits per heavy atom. The van der Waals surface area contributed by atoms with Crippen molar-refractivity contribution < 1.29 is 20.1 Å². The highest BCUT2D eigenvalue weighted by molar-refractivity contribution is 5.71. The van der Waals surface area contributed by atoms with E-state index in [9.17, 15) is 15.0 Å². The Labute approximate surface area is 69.8 Å². The molecular formula is C8H12O4. The van der Waals surface area contributed by atoms with Crippen molar-refractivity contribution in [2.24, 2.45) is 17.8 Å². The van der Waals surface area contributed by atoms with Crippen LogP contribution in [0.25, 0.3) is 0 Å². The first kappa shape index (κ1) is 8.01. The first-order valence-electron chi connectivity index (χ1n) is 4.20. The van der Waals surface area contributed by atoms with Crippen LogP contribution in [0.2, 0.25) is 0 Å². The van der Waals surface area contributed by atoms with Gasteiger partial charge in [-0.3, -0.25) is 4.79 Å². The lowest BCUT2D eigenvalue weighted by molar-refractivity contribution is -0.146. The molecule has 4 nitrogen and oxygen atoms in total. The molecule has 1 unspecified atom stereocenters. The summed E-state index contributed by atoms with van der Waals surface area (Å²) in [5.74, 6) is -1.84. The molecule has 0 spiro atoms.